The van der Waals surface area contributed by atoms with Gasteiger partial charge in [0, 0.05) is 31.0 Å². The number of aromatic nitrogens is 3. The molecule has 0 N–H and O–H groups in total. The average molecular weight is 265 g/mol. The molecule has 1 aromatic carbocycles. The summed E-state index contributed by atoms with van der Waals surface area (Å²) in [7, 11) is 1.89. The Bertz CT molecular complexity index is 856. The topological polar surface area (TPSA) is 39.8 Å². The lowest BCUT2D eigenvalue weighted by molar-refractivity contribution is 0.714. The molecule has 0 bridgehead atoms. The van der Waals surface area contributed by atoms with Crippen molar-refractivity contribution in [3.63, 3.8) is 0 Å². The van der Waals surface area contributed by atoms with Crippen molar-refractivity contribution in [3.05, 3.63) is 53.2 Å². The van der Waals surface area contributed by atoms with Gasteiger partial charge in [0.05, 0.1) is 11.6 Å². The molecule has 2 heterocycles. The van der Waals surface area contributed by atoms with Gasteiger partial charge in [-0.15, -0.1) is 0 Å². The maximum atomic E-state index is 12.7. The Morgan fingerprint density at radius 1 is 1.25 bits per heavy atom. The van der Waals surface area contributed by atoms with Crippen LogP contribution in [0.1, 0.15) is 18.9 Å². The molecule has 20 heavy (non-hydrogen) atoms. The molecule has 0 spiro atoms. The van der Waals surface area contributed by atoms with Crippen LogP contribution in [0.5, 0.6) is 0 Å². The van der Waals surface area contributed by atoms with E-state index in [0.717, 1.165) is 34.7 Å². The zero-order valence-electron chi connectivity index (χ0n) is 11.3. The second-order valence-corrected chi connectivity index (χ2v) is 5.43. The van der Waals surface area contributed by atoms with E-state index in [1.807, 2.05) is 54.5 Å². The molecule has 0 atom stereocenters. The summed E-state index contributed by atoms with van der Waals surface area (Å²) in [6, 6.07) is 8.42. The highest BCUT2D eigenvalue weighted by atomic mass is 16.1. The highest BCUT2D eigenvalue weighted by Crippen LogP contribution is 2.34. The first kappa shape index (κ1) is 11.5. The van der Waals surface area contributed by atoms with Gasteiger partial charge in [0.1, 0.15) is 0 Å². The van der Waals surface area contributed by atoms with E-state index in [-0.39, 0.29) is 5.56 Å². The number of pyridine rings is 1. The number of fused-ring (bicyclic) bond motifs is 1. The second-order valence-electron chi connectivity index (χ2n) is 5.43. The zero-order chi connectivity index (χ0) is 13.7. The Labute approximate surface area is 116 Å². The number of hydrogen-bond donors (Lipinski definition) is 0. The number of rotatable bonds is 2. The SMILES string of the molecule is Cn1cc(-c2cccc3ccn(C4CC4)c(=O)c23)cn1. The Kier molecular flexibility index (Phi) is 2.33. The fourth-order valence-corrected chi connectivity index (χ4v) is 2.75. The van der Waals surface area contributed by atoms with E-state index < -0.39 is 0 Å². The minimum atomic E-state index is 0.115. The summed E-state index contributed by atoms with van der Waals surface area (Å²) >= 11 is 0. The fraction of sp³-hybridized carbons (Fsp3) is 0.250. The van der Waals surface area contributed by atoms with Gasteiger partial charge in [0.25, 0.3) is 5.56 Å². The van der Waals surface area contributed by atoms with Crippen molar-refractivity contribution >= 4 is 10.8 Å². The summed E-state index contributed by atoms with van der Waals surface area (Å²) in [6.07, 6.45) is 7.90. The highest BCUT2D eigenvalue weighted by molar-refractivity contribution is 5.95. The van der Waals surface area contributed by atoms with Crippen LogP contribution in [0.3, 0.4) is 0 Å². The maximum absolute atomic E-state index is 12.7. The third-order valence-electron chi connectivity index (χ3n) is 3.92. The third kappa shape index (κ3) is 1.68. The predicted molar refractivity (Wildman–Crippen MR) is 78.7 cm³/mol. The van der Waals surface area contributed by atoms with Crippen molar-refractivity contribution in [3.8, 4) is 11.1 Å². The second kappa shape index (κ2) is 4.07. The Morgan fingerprint density at radius 3 is 2.80 bits per heavy atom. The monoisotopic (exact) mass is 265 g/mol. The van der Waals surface area contributed by atoms with Crippen molar-refractivity contribution in [2.45, 2.75) is 18.9 Å². The molecular formula is C16H15N3O. The van der Waals surface area contributed by atoms with Gasteiger partial charge < -0.3 is 4.57 Å². The molecule has 100 valence electrons. The maximum Gasteiger partial charge on any atom is 0.259 e. The molecule has 0 aliphatic heterocycles. The average Bonchev–Trinajstić information content (AvgIpc) is 3.20. The van der Waals surface area contributed by atoms with Gasteiger partial charge in [-0.25, -0.2) is 0 Å². The molecular weight excluding hydrogens is 250 g/mol. The standard InChI is InChI=1S/C16H15N3O/c1-18-10-12(9-17-18)14-4-2-3-11-7-8-19(13-5-6-13)16(20)15(11)14/h2-4,7-10,13H,5-6H2,1H3. The van der Waals surface area contributed by atoms with Crippen LogP contribution >= 0.6 is 0 Å². The van der Waals surface area contributed by atoms with Crippen molar-refractivity contribution in [1.29, 1.82) is 0 Å². The molecule has 1 aliphatic rings. The van der Waals surface area contributed by atoms with Crippen LogP contribution in [0.25, 0.3) is 21.9 Å². The van der Waals surface area contributed by atoms with Crippen LogP contribution in [-0.4, -0.2) is 14.3 Å². The Morgan fingerprint density at radius 2 is 2.10 bits per heavy atom. The van der Waals surface area contributed by atoms with E-state index in [4.69, 9.17) is 0 Å². The van der Waals surface area contributed by atoms with Crippen molar-refractivity contribution < 1.29 is 0 Å². The lowest BCUT2D eigenvalue weighted by Gasteiger charge is -2.08. The number of nitrogens with zero attached hydrogens (tertiary/aromatic N) is 3. The Balaban J connectivity index is 2.05. The van der Waals surface area contributed by atoms with Gasteiger partial charge >= 0.3 is 0 Å². The highest BCUT2D eigenvalue weighted by Gasteiger charge is 2.25. The number of hydrogen-bond acceptors (Lipinski definition) is 2. The molecule has 4 nitrogen and oxygen atoms in total. The molecule has 1 aliphatic carbocycles. The van der Waals surface area contributed by atoms with Crippen molar-refractivity contribution in [1.82, 2.24) is 14.3 Å². The molecule has 3 aromatic rings. The van der Waals surface area contributed by atoms with Crippen molar-refractivity contribution in [2.24, 2.45) is 7.05 Å². The van der Waals surface area contributed by atoms with Gasteiger partial charge in [-0.1, -0.05) is 18.2 Å². The summed E-state index contributed by atoms with van der Waals surface area (Å²) in [4.78, 5) is 12.7. The van der Waals surface area contributed by atoms with Gasteiger partial charge in [-0.05, 0) is 29.9 Å². The van der Waals surface area contributed by atoms with Gasteiger partial charge in [-0.2, -0.15) is 5.10 Å². The van der Waals surface area contributed by atoms with Crippen LogP contribution in [0.15, 0.2) is 47.7 Å². The molecule has 4 heteroatoms. The van der Waals surface area contributed by atoms with E-state index in [9.17, 15) is 4.79 Å². The normalized spacial score (nSPS) is 14.8. The van der Waals surface area contributed by atoms with Gasteiger partial charge in [-0.3, -0.25) is 9.48 Å². The predicted octanol–water partition coefficient (Wildman–Crippen LogP) is 2.74. The first-order valence-electron chi connectivity index (χ1n) is 6.87. The van der Waals surface area contributed by atoms with E-state index in [2.05, 4.69) is 5.10 Å². The minimum Gasteiger partial charge on any atom is -0.312 e. The van der Waals surface area contributed by atoms with Crippen LogP contribution in [0.4, 0.5) is 0 Å². The van der Waals surface area contributed by atoms with E-state index in [1.54, 1.807) is 4.68 Å². The van der Waals surface area contributed by atoms with Crippen molar-refractivity contribution in [2.75, 3.05) is 0 Å². The minimum absolute atomic E-state index is 0.115. The quantitative estimate of drug-likeness (QED) is 0.714. The van der Waals surface area contributed by atoms with Gasteiger partial charge in [0.15, 0.2) is 0 Å². The van der Waals surface area contributed by atoms with Crippen LogP contribution in [0.2, 0.25) is 0 Å². The lowest BCUT2D eigenvalue weighted by Crippen LogP contribution is -2.18. The molecule has 0 saturated heterocycles. The van der Waals surface area contributed by atoms with E-state index in [0.29, 0.717) is 6.04 Å². The first-order valence-corrected chi connectivity index (χ1v) is 6.87. The fourth-order valence-electron chi connectivity index (χ4n) is 2.75. The molecule has 0 amide bonds. The number of aryl methyl sites for hydroxylation is 1. The Hall–Kier alpha value is -2.36. The summed E-state index contributed by atoms with van der Waals surface area (Å²) in [5, 5.41) is 6.00. The summed E-state index contributed by atoms with van der Waals surface area (Å²) in [5.41, 5.74) is 2.07. The first-order chi connectivity index (χ1) is 9.74. The van der Waals surface area contributed by atoms with Crippen LogP contribution in [0, 0.1) is 0 Å². The largest absolute Gasteiger partial charge is 0.312 e. The van der Waals surface area contributed by atoms with Crippen LogP contribution in [-0.2, 0) is 7.05 Å². The summed E-state index contributed by atoms with van der Waals surface area (Å²) in [5.74, 6) is 0. The van der Waals surface area contributed by atoms with Gasteiger partial charge in [0.2, 0.25) is 0 Å². The number of benzene rings is 1. The summed E-state index contributed by atoms with van der Waals surface area (Å²) < 4.78 is 3.64. The lowest BCUT2D eigenvalue weighted by atomic mass is 10.0. The smallest absolute Gasteiger partial charge is 0.259 e. The molecule has 2 aromatic heterocycles. The molecule has 4 rings (SSSR count). The molecule has 0 radical (unpaired) electrons. The van der Waals surface area contributed by atoms with E-state index >= 15 is 0 Å². The molecule has 1 saturated carbocycles. The van der Waals surface area contributed by atoms with E-state index in [1.165, 1.54) is 0 Å². The van der Waals surface area contributed by atoms with Crippen LogP contribution < -0.4 is 5.56 Å². The summed E-state index contributed by atoms with van der Waals surface area (Å²) in [6.45, 7) is 0. The molecule has 0 unspecified atom stereocenters. The third-order valence-corrected chi connectivity index (χ3v) is 3.92. The molecule has 1 fully saturated rings. The zero-order valence-corrected chi connectivity index (χ0v) is 11.3.